The molecule has 0 radical (unpaired) electrons. The molecule has 0 spiro atoms. The lowest BCUT2D eigenvalue weighted by molar-refractivity contribution is -0.118. The first-order valence-corrected chi connectivity index (χ1v) is 8.36. The summed E-state index contributed by atoms with van der Waals surface area (Å²) in [4.78, 5) is 23.2. The fourth-order valence-corrected chi connectivity index (χ4v) is 2.36. The van der Waals surface area contributed by atoms with Gasteiger partial charge in [-0.05, 0) is 48.2 Å². The highest BCUT2D eigenvalue weighted by Gasteiger charge is 2.10. The van der Waals surface area contributed by atoms with Gasteiger partial charge in [-0.1, -0.05) is 26.0 Å². The number of hydrogen-bond acceptors (Lipinski definition) is 3. The Bertz CT molecular complexity index is 819. The van der Waals surface area contributed by atoms with Crippen LogP contribution < -0.4 is 15.4 Å². The molecule has 2 rings (SSSR count). The Hall–Kier alpha value is -2.89. The lowest BCUT2D eigenvalue weighted by Gasteiger charge is -2.13. The van der Waals surface area contributed by atoms with Crippen LogP contribution in [0.1, 0.15) is 37.8 Å². The molecule has 2 N–H and O–H groups in total. The second-order valence-corrected chi connectivity index (χ2v) is 6.39. The second kappa shape index (κ2) is 8.47. The van der Waals surface area contributed by atoms with Crippen LogP contribution in [-0.2, 0) is 9.59 Å². The van der Waals surface area contributed by atoms with Gasteiger partial charge in [-0.25, -0.2) is 4.39 Å². The van der Waals surface area contributed by atoms with Gasteiger partial charge < -0.3 is 15.4 Å². The van der Waals surface area contributed by atoms with Gasteiger partial charge in [0.05, 0.1) is 5.69 Å². The molecule has 6 heteroatoms. The van der Waals surface area contributed by atoms with E-state index in [1.54, 1.807) is 0 Å². The average Bonchev–Trinajstić information content (AvgIpc) is 2.56. The van der Waals surface area contributed by atoms with Gasteiger partial charge in [0.1, 0.15) is 11.6 Å². The normalized spacial score (nSPS) is 10.5. The molecular formula is C20H23FN2O3. The number of ether oxygens (including phenoxy) is 1. The highest BCUT2D eigenvalue weighted by molar-refractivity contribution is 5.94. The third-order valence-corrected chi connectivity index (χ3v) is 3.80. The molecule has 0 unspecified atom stereocenters. The number of benzene rings is 2. The van der Waals surface area contributed by atoms with Gasteiger partial charge in [-0.15, -0.1) is 0 Å². The Morgan fingerprint density at radius 2 is 1.85 bits per heavy atom. The lowest BCUT2D eigenvalue weighted by atomic mass is 10.0. The first-order valence-electron chi connectivity index (χ1n) is 8.36. The smallest absolute Gasteiger partial charge is 0.262 e. The summed E-state index contributed by atoms with van der Waals surface area (Å²) in [7, 11) is 0. The number of rotatable bonds is 6. The zero-order chi connectivity index (χ0) is 19.3. The summed E-state index contributed by atoms with van der Waals surface area (Å²) in [6.45, 7) is 7.20. The Labute approximate surface area is 152 Å². The molecule has 2 aromatic carbocycles. The minimum atomic E-state index is -0.574. The quantitative estimate of drug-likeness (QED) is 0.812. The number of hydrogen-bond donors (Lipinski definition) is 2. The van der Waals surface area contributed by atoms with Crippen molar-refractivity contribution in [3.05, 3.63) is 53.3 Å². The van der Waals surface area contributed by atoms with Crippen molar-refractivity contribution in [2.24, 2.45) is 0 Å². The van der Waals surface area contributed by atoms with Crippen LogP contribution in [0.3, 0.4) is 0 Å². The fraction of sp³-hybridized carbons (Fsp3) is 0.300. The summed E-state index contributed by atoms with van der Waals surface area (Å²) < 4.78 is 19.3. The van der Waals surface area contributed by atoms with E-state index in [2.05, 4.69) is 24.5 Å². The van der Waals surface area contributed by atoms with Crippen LogP contribution in [0.4, 0.5) is 15.8 Å². The van der Waals surface area contributed by atoms with Gasteiger partial charge in [0.2, 0.25) is 5.91 Å². The third-order valence-electron chi connectivity index (χ3n) is 3.80. The van der Waals surface area contributed by atoms with E-state index in [1.807, 2.05) is 25.1 Å². The Morgan fingerprint density at radius 1 is 1.12 bits per heavy atom. The van der Waals surface area contributed by atoms with Gasteiger partial charge in [-0.2, -0.15) is 0 Å². The minimum Gasteiger partial charge on any atom is -0.483 e. The maximum Gasteiger partial charge on any atom is 0.262 e. The first-order chi connectivity index (χ1) is 12.3. The Balaban J connectivity index is 2.01. The highest BCUT2D eigenvalue weighted by Crippen LogP contribution is 2.24. The molecule has 0 bridgehead atoms. The molecule has 0 aromatic heterocycles. The predicted molar refractivity (Wildman–Crippen MR) is 100 cm³/mol. The van der Waals surface area contributed by atoms with Crippen molar-refractivity contribution in [2.75, 3.05) is 17.2 Å². The molecule has 0 atom stereocenters. The molecular weight excluding hydrogens is 335 g/mol. The molecule has 0 fully saturated rings. The largest absolute Gasteiger partial charge is 0.483 e. The van der Waals surface area contributed by atoms with Crippen LogP contribution in [0.15, 0.2) is 36.4 Å². The minimum absolute atomic E-state index is 0.0108. The van der Waals surface area contributed by atoms with Gasteiger partial charge in [0.15, 0.2) is 6.61 Å². The molecule has 0 heterocycles. The second-order valence-electron chi connectivity index (χ2n) is 6.39. The van der Waals surface area contributed by atoms with E-state index in [0.717, 1.165) is 11.1 Å². The summed E-state index contributed by atoms with van der Waals surface area (Å²) in [6.07, 6.45) is 0. The molecule has 138 valence electrons. The monoisotopic (exact) mass is 358 g/mol. The van der Waals surface area contributed by atoms with E-state index in [0.29, 0.717) is 17.4 Å². The van der Waals surface area contributed by atoms with Crippen LogP contribution in [0, 0.1) is 12.7 Å². The van der Waals surface area contributed by atoms with Gasteiger partial charge in [0.25, 0.3) is 5.91 Å². The van der Waals surface area contributed by atoms with Crippen molar-refractivity contribution in [3.63, 3.8) is 0 Å². The van der Waals surface area contributed by atoms with Crippen molar-refractivity contribution >= 4 is 23.2 Å². The van der Waals surface area contributed by atoms with Gasteiger partial charge in [-0.3, -0.25) is 9.59 Å². The van der Waals surface area contributed by atoms with E-state index in [-0.39, 0.29) is 18.2 Å². The van der Waals surface area contributed by atoms with Crippen LogP contribution in [-0.4, -0.2) is 18.4 Å². The molecule has 0 aliphatic heterocycles. The van der Waals surface area contributed by atoms with E-state index in [9.17, 15) is 14.0 Å². The third kappa shape index (κ3) is 5.31. The number of nitrogens with one attached hydrogen (secondary N) is 2. The number of carbonyl (C=O) groups is 2. The van der Waals surface area contributed by atoms with Crippen molar-refractivity contribution in [2.45, 2.75) is 33.6 Å². The number of aryl methyl sites for hydroxylation is 1. The molecule has 26 heavy (non-hydrogen) atoms. The van der Waals surface area contributed by atoms with Gasteiger partial charge in [0, 0.05) is 12.6 Å². The first kappa shape index (κ1) is 19.4. The maximum atomic E-state index is 13.6. The summed E-state index contributed by atoms with van der Waals surface area (Å²) in [5.74, 6) is -0.325. The molecule has 0 aliphatic rings. The summed E-state index contributed by atoms with van der Waals surface area (Å²) in [5, 5.41) is 5.00. The molecule has 0 saturated heterocycles. The lowest BCUT2D eigenvalue weighted by Crippen LogP contribution is -2.20. The van der Waals surface area contributed by atoms with Crippen LogP contribution >= 0.6 is 0 Å². The SMILES string of the molecule is CC(=O)Nc1cc(NC(=O)COc2cc(C(C)C)ccc2C)ccc1F. The molecule has 0 saturated carbocycles. The maximum absolute atomic E-state index is 13.6. The van der Waals surface area contributed by atoms with Crippen LogP contribution in [0.2, 0.25) is 0 Å². The van der Waals surface area contributed by atoms with Crippen molar-refractivity contribution in [1.29, 1.82) is 0 Å². The zero-order valence-electron chi connectivity index (χ0n) is 15.4. The molecule has 5 nitrogen and oxygen atoms in total. The molecule has 2 aromatic rings. The summed E-state index contributed by atoms with van der Waals surface area (Å²) in [6, 6.07) is 9.89. The highest BCUT2D eigenvalue weighted by atomic mass is 19.1. The van der Waals surface area contributed by atoms with E-state index in [4.69, 9.17) is 4.74 Å². The number of carbonyl (C=O) groups excluding carboxylic acids is 2. The summed E-state index contributed by atoms with van der Waals surface area (Å²) >= 11 is 0. The molecule has 2 amide bonds. The van der Waals surface area contributed by atoms with Crippen LogP contribution in [0.5, 0.6) is 5.75 Å². The topological polar surface area (TPSA) is 67.4 Å². The van der Waals surface area contributed by atoms with E-state index < -0.39 is 11.7 Å². The van der Waals surface area contributed by atoms with Crippen molar-refractivity contribution < 1.29 is 18.7 Å². The van der Waals surface area contributed by atoms with Crippen molar-refractivity contribution in [3.8, 4) is 5.75 Å². The number of amides is 2. The number of anilines is 2. The Morgan fingerprint density at radius 3 is 2.50 bits per heavy atom. The van der Waals surface area contributed by atoms with Crippen molar-refractivity contribution in [1.82, 2.24) is 0 Å². The Kier molecular flexibility index (Phi) is 6.33. The van der Waals surface area contributed by atoms with E-state index in [1.165, 1.54) is 25.1 Å². The predicted octanol–water partition coefficient (Wildman–Crippen LogP) is 4.23. The van der Waals surface area contributed by atoms with Gasteiger partial charge >= 0.3 is 0 Å². The average molecular weight is 358 g/mol. The van der Waals surface area contributed by atoms with E-state index >= 15 is 0 Å². The standard InChI is InChI=1S/C20H23FN2O3/c1-12(2)15-6-5-13(3)19(9-15)26-11-20(25)23-16-7-8-17(21)18(10-16)22-14(4)24/h5-10,12H,11H2,1-4H3,(H,22,24)(H,23,25). The van der Waals surface area contributed by atoms with Crippen LogP contribution in [0.25, 0.3) is 0 Å². The fourth-order valence-electron chi connectivity index (χ4n) is 2.36. The molecule has 0 aliphatic carbocycles. The number of halogens is 1. The summed E-state index contributed by atoms with van der Waals surface area (Å²) in [5.41, 5.74) is 2.45. The zero-order valence-corrected chi connectivity index (χ0v) is 15.4.